The molecule has 0 saturated carbocycles. The average Bonchev–Trinajstić information content (AvgIpc) is 3.19. The molecule has 0 fully saturated rings. The molecule has 2 N–H and O–H groups in total. The maximum atomic E-state index is 6.20. The minimum atomic E-state index is 0.126. The highest BCUT2D eigenvalue weighted by Crippen LogP contribution is 2.35. The predicted molar refractivity (Wildman–Crippen MR) is 125 cm³/mol. The molecular formula is C27H28N2O2. The number of para-hydroxylation sites is 1. The van der Waals surface area contributed by atoms with Crippen LogP contribution in [0.15, 0.2) is 60.7 Å². The van der Waals surface area contributed by atoms with Gasteiger partial charge in [0.1, 0.15) is 18.1 Å². The summed E-state index contributed by atoms with van der Waals surface area (Å²) in [7, 11) is 1.71. The van der Waals surface area contributed by atoms with Gasteiger partial charge in [-0.3, -0.25) is 0 Å². The number of fused-ring (bicyclic) bond motifs is 3. The van der Waals surface area contributed by atoms with Gasteiger partial charge in [-0.25, -0.2) is 0 Å². The quantitative estimate of drug-likeness (QED) is 0.448. The van der Waals surface area contributed by atoms with Gasteiger partial charge in [-0.2, -0.15) is 0 Å². The zero-order chi connectivity index (χ0) is 21.4. The summed E-state index contributed by atoms with van der Waals surface area (Å²) >= 11 is 0. The van der Waals surface area contributed by atoms with Crippen LogP contribution < -0.4 is 14.8 Å². The number of benzene rings is 3. The van der Waals surface area contributed by atoms with Gasteiger partial charge in [-0.15, -0.1) is 0 Å². The molecule has 5 rings (SSSR count). The fraction of sp³-hybridized carbons (Fsp3) is 0.259. The molecule has 0 amide bonds. The van der Waals surface area contributed by atoms with Crippen molar-refractivity contribution in [2.45, 2.75) is 32.9 Å². The van der Waals surface area contributed by atoms with E-state index in [2.05, 4.69) is 72.7 Å². The van der Waals surface area contributed by atoms with Gasteiger partial charge in [0.15, 0.2) is 0 Å². The van der Waals surface area contributed by atoms with Gasteiger partial charge in [0.25, 0.3) is 0 Å². The third kappa shape index (κ3) is 3.57. The number of H-pyrrole nitrogens is 1. The molecular weight excluding hydrogens is 384 g/mol. The van der Waals surface area contributed by atoms with E-state index in [1.165, 1.54) is 38.9 Å². The molecule has 1 aromatic heterocycles. The number of rotatable bonds is 5. The van der Waals surface area contributed by atoms with E-state index in [1.54, 1.807) is 7.11 Å². The zero-order valence-electron chi connectivity index (χ0n) is 18.3. The fourth-order valence-electron chi connectivity index (χ4n) is 4.59. The van der Waals surface area contributed by atoms with Gasteiger partial charge in [0.2, 0.25) is 0 Å². The number of hydrogen-bond acceptors (Lipinski definition) is 3. The summed E-state index contributed by atoms with van der Waals surface area (Å²) in [5.74, 6) is 1.77. The molecule has 158 valence electrons. The first kappa shape index (κ1) is 19.7. The molecule has 31 heavy (non-hydrogen) atoms. The van der Waals surface area contributed by atoms with E-state index in [-0.39, 0.29) is 6.04 Å². The van der Waals surface area contributed by atoms with Gasteiger partial charge in [0.05, 0.1) is 13.2 Å². The Morgan fingerprint density at radius 3 is 2.71 bits per heavy atom. The average molecular weight is 413 g/mol. The Balaban J connectivity index is 1.48. The Morgan fingerprint density at radius 1 is 0.968 bits per heavy atom. The molecule has 1 unspecified atom stereocenters. The Kier molecular flexibility index (Phi) is 5.16. The first-order chi connectivity index (χ1) is 15.2. The molecule has 0 bridgehead atoms. The number of hydrogen-bond donors (Lipinski definition) is 2. The van der Waals surface area contributed by atoms with Crippen molar-refractivity contribution in [1.29, 1.82) is 0 Å². The van der Waals surface area contributed by atoms with Crippen molar-refractivity contribution in [3.63, 3.8) is 0 Å². The fourth-order valence-corrected chi connectivity index (χ4v) is 4.59. The smallest absolute Gasteiger partial charge is 0.125 e. The largest absolute Gasteiger partial charge is 0.496 e. The molecule has 0 saturated heterocycles. The highest BCUT2D eigenvalue weighted by molar-refractivity contribution is 5.85. The molecule has 1 atom stereocenters. The minimum absolute atomic E-state index is 0.126. The molecule has 4 heteroatoms. The standard InChI is InChI=1S/C27H28N2O2/c1-17-7-6-10-24(18(17)2)31-16-20-15-19(11-12-25(20)30-3)26-27-22(13-14-28-26)21-8-4-5-9-23(21)29-27/h4-12,15,26,28-29H,13-14,16H2,1-3H3. The lowest BCUT2D eigenvalue weighted by atomic mass is 9.93. The number of methoxy groups -OCH3 is 1. The van der Waals surface area contributed by atoms with Crippen LogP contribution in [0.4, 0.5) is 0 Å². The number of aryl methyl sites for hydroxylation is 1. The van der Waals surface area contributed by atoms with Crippen molar-refractivity contribution in [3.8, 4) is 11.5 Å². The summed E-state index contributed by atoms with van der Waals surface area (Å²) in [6.07, 6.45) is 1.04. The van der Waals surface area contributed by atoms with Crippen molar-refractivity contribution in [2.24, 2.45) is 0 Å². The lowest BCUT2D eigenvalue weighted by Crippen LogP contribution is -2.30. The lowest BCUT2D eigenvalue weighted by molar-refractivity contribution is 0.294. The Labute approximate surface area is 183 Å². The van der Waals surface area contributed by atoms with Gasteiger partial charge in [-0.05, 0) is 66.8 Å². The van der Waals surface area contributed by atoms with Crippen LogP contribution in [0.5, 0.6) is 11.5 Å². The third-order valence-corrected chi connectivity index (χ3v) is 6.43. The summed E-state index contributed by atoms with van der Waals surface area (Å²) < 4.78 is 11.8. The van der Waals surface area contributed by atoms with E-state index in [1.807, 2.05) is 12.1 Å². The van der Waals surface area contributed by atoms with E-state index < -0.39 is 0 Å². The van der Waals surface area contributed by atoms with Crippen LogP contribution >= 0.6 is 0 Å². The normalized spacial score (nSPS) is 15.6. The topological polar surface area (TPSA) is 46.3 Å². The van der Waals surface area contributed by atoms with E-state index >= 15 is 0 Å². The second-order valence-electron chi connectivity index (χ2n) is 8.26. The summed E-state index contributed by atoms with van der Waals surface area (Å²) in [6.45, 7) is 5.63. The number of aromatic amines is 1. The van der Waals surface area contributed by atoms with Crippen LogP contribution in [0.2, 0.25) is 0 Å². The Bertz CT molecular complexity index is 1240. The summed E-state index contributed by atoms with van der Waals surface area (Å²) in [4.78, 5) is 3.66. The summed E-state index contributed by atoms with van der Waals surface area (Å²) in [6, 6.07) is 21.3. The van der Waals surface area contributed by atoms with Gasteiger partial charge >= 0.3 is 0 Å². The Hall–Kier alpha value is -3.24. The van der Waals surface area contributed by atoms with Crippen LogP contribution in [-0.4, -0.2) is 18.6 Å². The number of ether oxygens (including phenoxy) is 2. The monoisotopic (exact) mass is 412 g/mol. The van der Waals surface area contributed by atoms with Crippen LogP contribution in [0, 0.1) is 13.8 Å². The van der Waals surface area contributed by atoms with Gasteiger partial charge in [-0.1, -0.05) is 36.4 Å². The molecule has 1 aliphatic heterocycles. The maximum absolute atomic E-state index is 6.20. The first-order valence-corrected chi connectivity index (χ1v) is 10.8. The molecule has 2 heterocycles. The van der Waals surface area contributed by atoms with Gasteiger partial charge < -0.3 is 19.8 Å². The second-order valence-corrected chi connectivity index (χ2v) is 8.26. The van der Waals surface area contributed by atoms with Crippen LogP contribution in [0.1, 0.15) is 39.6 Å². The van der Waals surface area contributed by atoms with Crippen molar-refractivity contribution < 1.29 is 9.47 Å². The van der Waals surface area contributed by atoms with Crippen LogP contribution in [0.25, 0.3) is 10.9 Å². The van der Waals surface area contributed by atoms with E-state index in [9.17, 15) is 0 Å². The first-order valence-electron chi connectivity index (χ1n) is 10.8. The van der Waals surface area contributed by atoms with Crippen molar-refractivity contribution in [1.82, 2.24) is 10.3 Å². The third-order valence-electron chi connectivity index (χ3n) is 6.43. The zero-order valence-corrected chi connectivity index (χ0v) is 18.3. The summed E-state index contributed by atoms with van der Waals surface area (Å²) in [5.41, 5.74) is 8.56. The Morgan fingerprint density at radius 2 is 1.84 bits per heavy atom. The van der Waals surface area contributed by atoms with Crippen molar-refractivity contribution in [3.05, 3.63) is 94.2 Å². The minimum Gasteiger partial charge on any atom is -0.496 e. The van der Waals surface area contributed by atoms with E-state index in [0.29, 0.717) is 6.61 Å². The number of nitrogens with one attached hydrogen (secondary N) is 2. The molecule has 0 aliphatic carbocycles. The number of aromatic nitrogens is 1. The van der Waals surface area contributed by atoms with Crippen molar-refractivity contribution >= 4 is 10.9 Å². The highest BCUT2D eigenvalue weighted by atomic mass is 16.5. The van der Waals surface area contributed by atoms with E-state index in [0.717, 1.165) is 30.0 Å². The van der Waals surface area contributed by atoms with Crippen LogP contribution in [0.3, 0.4) is 0 Å². The molecule has 3 aromatic carbocycles. The molecule has 4 nitrogen and oxygen atoms in total. The highest BCUT2D eigenvalue weighted by Gasteiger charge is 2.25. The SMILES string of the molecule is COc1ccc(C2NCCc3c2[nH]c2ccccc32)cc1COc1cccc(C)c1C. The second kappa shape index (κ2) is 8.12. The molecule has 4 aromatic rings. The molecule has 0 spiro atoms. The van der Waals surface area contributed by atoms with E-state index in [4.69, 9.17) is 9.47 Å². The maximum Gasteiger partial charge on any atom is 0.125 e. The lowest BCUT2D eigenvalue weighted by Gasteiger charge is -2.25. The predicted octanol–water partition coefficient (Wildman–Crippen LogP) is 5.61. The van der Waals surface area contributed by atoms with Crippen LogP contribution in [-0.2, 0) is 13.0 Å². The van der Waals surface area contributed by atoms with Gasteiger partial charge in [0, 0.05) is 28.7 Å². The molecule has 1 aliphatic rings. The summed E-state index contributed by atoms with van der Waals surface area (Å²) in [5, 5.41) is 5.02. The van der Waals surface area contributed by atoms with Crippen molar-refractivity contribution in [2.75, 3.05) is 13.7 Å². The molecule has 0 radical (unpaired) electrons.